The summed E-state index contributed by atoms with van der Waals surface area (Å²) >= 11 is 0. The molecule has 3 aliphatic heterocycles. The molecular formula is C53H93NO9Si3. The van der Waals surface area contributed by atoms with Crippen molar-refractivity contribution < 1.29 is 41.7 Å². The molecule has 0 saturated carbocycles. The Morgan fingerprint density at radius 2 is 1.42 bits per heavy atom. The Morgan fingerprint density at radius 1 is 0.818 bits per heavy atom. The summed E-state index contributed by atoms with van der Waals surface area (Å²) in [6, 6.07) is 12.9. The normalized spacial score (nSPS) is 30.1. The van der Waals surface area contributed by atoms with E-state index in [0.29, 0.717) is 64.6 Å². The predicted octanol–water partition coefficient (Wildman–Crippen LogP) is 13.8. The smallest absolute Gasteiger partial charge is 0.192 e. The standard InChI is InChI=1S/C53H93NO9Si3/c1-21-26-44-43(22-2)46(62-66(19,20)50(10,11)12)35-53(59-44)36-47(56-39(3)57-53)45(61-65(17,18)49(7,8)9)29-31-52(38-54)34-42(58-51(13,14)63-52)33-41(60-64(15,16)48(4,5)6)30-32-55-37-40-27-24-23-25-28-40/h21-25,27-28,39,41-47H,1-2,26,29-37H2,3-20H3/t39-,41-,42-,43-,44-,45+,46-,47+,52?,53-/m0/s1. The van der Waals surface area contributed by atoms with E-state index < -0.39 is 54.5 Å². The molecule has 0 aromatic heterocycles. The zero-order chi connectivity index (χ0) is 49.8. The van der Waals surface area contributed by atoms with Crippen LogP contribution in [0.4, 0.5) is 0 Å². The van der Waals surface area contributed by atoms with Gasteiger partial charge in [-0.1, -0.05) is 105 Å². The van der Waals surface area contributed by atoms with Gasteiger partial charge in [-0.25, -0.2) is 0 Å². The maximum Gasteiger partial charge on any atom is 0.192 e. The van der Waals surface area contributed by atoms with E-state index in [9.17, 15) is 5.26 Å². The highest BCUT2D eigenvalue weighted by Gasteiger charge is 2.56. The molecule has 3 heterocycles. The van der Waals surface area contributed by atoms with Gasteiger partial charge in [0.2, 0.25) is 0 Å². The van der Waals surface area contributed by atoms with E-state index in [-0.39, 0.29) is 51.6 Å². The fourth-order valence-corrected chi connectivity index (χ4v) is 13.1. The van der Waals surface area contributed by atoms with E-state index in [1.807, 2.05) is 51.1 Å². The highest BCUT2D eigenvalue weighted by Crippen LogP contribution is 2.49. The summed E-state index contributed by atoms with van der Waals surface area (Å²) in [7, 11) is -6.77. The average Bonchev–Trinajstić information content (AvgIpc) is 3.16. The number of benzene rings is 1. The van der Waals surface area contributed by atoms with Gasteiger partial charge in [0.15, 0.2) is 48.4 Å². The average molecular weight is 973 g/mol. The van der Waals surface area contributed by atoms with Gasteiger partial charge >= 0.3 is 0 Å². The van der Waals surface area contributed by atoms with E-state index in [1.54, 1.807) is 0 Å². The number of nitriles is 1. The first-order chi connectivity index (χ1) is 30.2. The lowest BCUT2D eigenvalue weighted by Crippen LogP contribution is -2.62. The molecule has 1 aromatic rings. The summed E-state index contributed by atoms with van der Waals surface area (Å²) in [5, 5.41) is 11.2. The molecule has 66 heavy (non-hydrogen) atoms. The van der Waals surface area contributed by atoms with Gasteiger partial charge in [-0.3, -0.25) is 0 Å². The van der Waals surface area contributed by atoms with Crippen LogP contribution in [-0.4, -0.2) is 91.6 Å². The zero-order valence-corrected chi connectivity index (χ0v) is 47.8. The van der Waals surface area contributed by atoms with Gasteiger partial charge in [-0.15, -0.1) is 13.2 Å². The van der Waals surface area contributed by atoms with Gasteiger partial charge < -0.3 is 41.7 Å². The fraction of sp³-hybridized carbons (Fsp3) is 0.792. The first-order valence-electron chi connectivity index (χ1n) is 24.9. The maximum absolute atomic E-state index is 11.2. The third-order valence-electron chi connectivity index (χ3n) is 15.6. The Balaban J connectivity index is 1.65. The van der Waals surface area contributed by atoms with Gasteiger partial charge in [0.25, 0.3) is 0 Å². The predicted molar refractivity (Wildman–Crippen MR) is 275 cm³/mol. The Kier molecular flexibility index (Phi) is 18.9. The molecule has 10 nitrogen and oxygen atoms in total. The van der Waals surface area contributed by atoms with Crippen molar-refractivity contribution in [2.45, 2.75) is 256 Å². The first-order valence-corrected chi connectivity index (χ1v) is 33.6. The molecule has 0 radical (unpaired) electrons. The molecule has 0 aliphatic carbocycles. The number of hydrogen-bond donors (Lipinski definition) is 0. The van der Waals surface area contributed by atoms with Gasteiger partial charge in [0.1, 0.15) is 0 Å². The number of ether oxygens (including phenoxy) is 6. The van der Waals surface area contributed by atoms with Crippen molar-refractivity contribution in [3.8, 4) is 6.07 Å². The van der Waals surface area contributed by atoms with Crippen molar-refractivity contribution >= 4 is 25.0 Å². The highest BCUT2D eigenvalue weighted by atomic mass is 28.4. The van der Waals surface area contributed by atoms with E-state index in [4.69, 9.17) is 41.7 Å². The third-order valence-corrected chi connectivity index (χ3v) is 29.1. The van der Waals surface area contributed by atoms with Crippen LogP contribution in [0, 0.1) is 17.2 Å². The molecular weight excluding hydrogens is 879 g/mol. The van der Waals surface area contributed by atoms with Crippen LogP contribution in [0.3, 0.4) is 0 Å². The van der Waals surface area contributed by atoms with Crippen molar-refractivity contribution in [1.29, 1.82) is 5.26 Å². The summed E-state index contributed by atoms with van der Waals surface area (Å²) in [6.07, 6.45) is 6.09. The van der Waals surface area contributed by atoms with Crippen molar-refractivity contribution in [3.05, 3.63) is 61.2 Å². The summed E-state index contributed by atoms with van der Waals surface area (Å²) in [4.78, 5) is 0. The molecule has 376 valence electrons. The second-order valence-corrected chi connectivity index (χ2v) is 38.9. The number of nitrogens with zero attached hydrogens (tertiary/aromatic N) is 1. The van der Waals surface area contributed by atoms with Gasteiger partial charge in [0.05, 0.1) is 43.2 Å². The van der Waals surface area contributed by atoms with E-state index in [0.717, 1.165) is 5.56 Å². The van der Waals surface area contributed by atoms with Crippen molar-refractivity contribution in [2.24, 2.45) is 5.92 Å². The molecule has 1 unspecified atom stereocenters. The van der Waals surface area contributed by atoms with Gasteiger partial charge in [0, 0.05) is 37.9 Å². The molecule has 3 fully saturated rings. The first kappa shape index (κ1) is 57.1. The molecule has 1 spiro atoms. The molecule has 3 saturated heterocycles. The van der Waals surface area contributed by atoms with Crippen LogP contribution >= 0.6 is 0 Å². The van der Waals surface area contributed by atoms with Crippen LogP contribution in [-0.2, 0) is 48.3 Å². The largest absolute Gasteiger partial charge is 0.414 e. The van der Waals surface area contributed by atoms with Crippen LogP contribution in [0.15, 0.2) is 55.6 Å². The summed E-state index contributed by atoms with van der Waals surface area (Å²) < 4.78 is 62.1. The van der Waals surface area contributed by atoms with Crippen molar-refractivity contribution in [1.82, 2.24) is 0 Å². The maximum atomic E-state index is 11.2. The lowest BCUT2D eigenvalue weighted by Gasteiger charge is -2.54. The molecule has 13 heteroatoms. The Bertz CT molecular complexity index is 1760. The fourth-order valence-electron chi connectivity index (χ4n) is 8.94. The minimum atomic E-state index is -2.39. The molecule has 4 rings (SSSR count). The Hall–Kier alpha value is -1.52. The van der Waals surface area contributed by atoms with Crippen LogP contribution < -0.4 is 0 Å². The SMILES string of the molecule is C=CC[C@@H]1O[C@@]2(C[C@H](O[Si](C)(C)C(C)(C)C)[C@H]1C=C)C[C@H]([C@@H](CCC1(C#N)C[C@H](C[C@H](CCOCc3ccccc3)O[Si](C)(C)C(C)(C)C)OC(C)(C)O1)O[Si](C)(C)C(C)(C)C)O[C@H](C)O2. The van der Waals surface area contributed by atoms with Crippen LogP contribution in [0.25, 0.3) is 0 Å². The minimum Gasteiger partial charge on any atom is -0.414 e. The summed E-state index contributed by atoms with van der Waals surface area (Å²) in [6.45, 7) is 49.4. The van der Waals surface area contributed by atoms with Gasteiger partial charge in [-0.2, -0.15) is 5.26 Å². The van der Waals surface area contributed by atoms with Crippen molar-refractivity contribution in [3.63, 3.8) is 0 Å². The minimum absolute atomic E-state index is 0.0126. The Morgan fingerprint density at radius 3 is 1.98 bits per heavy atom. The lowest BCUT2D eigenvalue weighted by molar-refractivity contribution is -0.397. The second-order valence-electron chi connectivity index (χ2n) is 24.7. The van der Waals surface area contributed by atoms with E-state index in [1.165, 1.54) is 0 Å². The van der Waals surface area contributed by atoms with E-state index in [2.05, 4.69) is 133 Å². The molecule has 0 amide bonds. The highest BCUT2D eigenvalue weighted by molar-refractivity contribution is 6.75. The third kappa shape index (κ3) is 15.0. The quantitative estimate of drug-likeness (QED) is 0.0712. The van der Waals surface area contributed by atoms with E-state index >= 15 is 0 Å². The molecule has 0 bridgehead atoms. The molecule has 3 aliphatic rings. The number of rotatable bonds is 20. The topological polar surface area (TPSA) is 107 Å². The lowest BCUT2D eigenvalue weighted by atomic mass is 9.82. The zero-order valence-electron chi connectivity index (χ0n) is 44.8. The summed E-state index contributed by atoms with van der Waals surface area (Å²) in [5.74, 6) is -2.03. The van der Waals surface area contributed by atoms with Gasteiger partial charge in [-0.05, 0) is 113 Å². The molecule has 10 atom stereocenters. The molecule has 0 N–H and O–H groups in total. The van der Waals surface area contributed by atoms with Crippen LogP contribution in [0.5, 0.6) is 0 Å². The van der Waals surface area contributed by atoms with Crippen molar-refractivity contribution in [2.75, 3.05) is 6.61 Å². The second kappa shape index (κ2) is 21.9. The molecule has 1 aromatic carbocycles. The summed E-state index contributed by atoms with van der Waals surface area (Å²) in [5.41, 5.74) is 0.000333. The monoisotopic (exact) mass is 972 g/mol. The Labute approximate surface area is 405 Å². The van der Waals surface area contributed by atoms with Crippen LogP contribution in [0.2, 0.25) is 54.4 Å². The number of hydrogen-bond acceptors (Lipinski definition) is 10. The van der Waals surface area contributed by atoms with Crippen LogP contribution in [0.1, 0.15) is 140 Å².